The highest BCUT2D eigenvalue weighted by Crippen LogP contribution is 2.54. The molecule has 3 aromatic carbocycles. The molecule has 5 aromatic rings. The van der Waals surface area contributed by atoms with E-state index >= 15 is 0 Å². The van der Waals surface area contributed by atoms with Gasteiger partial charge in [-0.05, 0) is 24.6 Å². The van der Waals surface area contributed by atoms with Gasteiger partial charge in [0.1, 0.15) is 12.3 Å². The Bertz CT molecular complexity index is 1660. The molecule has 0 radical (unpaired) electrons. The molecule has 3 aliphatic heterocycles. The fourth-order valence-corrected chi connectivity index (χ4v) is 6.41. The maximum absolute atomic E-state index is 13.1. The lowest BCUT2D eigenvalue weighted by molar-refractivity contribution is -0.135. The maximum Gasteiger partial charge on any atom is 0.252 e. The minimum absolute atomic E-state index is 0.0156. The van der Waals surface area contributed by atoms with Crippen molar-refractivity contribution in [1.82, 2.24) is 14.5 Å². The van der Waals surface area contributed by atoms with Crippen LogP contribution in [0, 0.1) is 0 Å². The molecule has 152 valence electrons. The topological polar surface area (TPSA) is 68.4 Å². The summed E-state index contributed by atoms with van der Waals surface area (Å²) in [6.07, 6.45) is -0.443. The number of aliphatic hydroxyl groups is 1. The first-order valence-electron chi connectivity index (χ1n) is 10.7. The zero-order valence-electron chi connectivity index (χ0n) is 16.8. The zero-order chi connectivity index (χ0) is 20.6. The van der Waals surface area contributed by atoms with Crippen molar-refractivity contribution in [3.63, 3.8) is 0 Å². The van der Waals surface area contributed by atoms with E-state index in [0.717, 1.165) is 54.7 Å². The standard InChI is InChI=1S/C25H19N3O3/c1-25-17(29)10-18(31-25)27-15-8-4-2-6-12(15)20-21-14(11-26-24(21)30)19-13-7-3-5-9-16(13)28(25)23(19)22(20)27/h2-9,17-18,29H,10-11H2,1H3,(H,26,30)/t17-,18+,25-/m1/s1. The largest absolute Gasteiger partial charge is 0.388 e. The van der Waals surface area contributed by atoms with E-state index < -0.39 is 11.8 Å². The van der Waals surface area contributed by atoms with Gasteiger partial charge >= 0.3 is 0 Å². The Kier molecular flexibility index (Phi) is 2.60. The Morgan fingerprint density at radius 1 is 1.03 bits per heavy atom. The number of hydrogen-bond donors (Lipinski definition) is 2. The second-order valence-corrected chi connectivity index (χ2v) is 9.10. The first kappa shape index (κ1) is 16.4. The Morgan fingerprint density at radius 2 is 1.74 bits per heavy atom. The number of carbonyl (C=O) groups is 1. The molecule has 0 unspecified atom stereocenters. The van der Waals surface area contributed by atoms with Gasteiger partial charge < -0.3 is 24.3 Å². The predicted molar refractivity (Wildman–Crippen MR) is 118 cm³/mol. The third-order valence-corrected chi connectivity index (χ3v) is 7.67. The lowest BCUT2D eigenvalue weighted by Crippen LogP contribution is -2.39. The van der Waals surface area contributed by atoms with E-state index in [-0.39, 0.29) is 12.1 Å². The number of para-hydroxylation sites is 2. The van der Waals surface area contributed by atoms with Crippen LogP contribution in [0.5, 0.6) is 0 Å². The van der Waals surface area contributed by atoms with Gasteiger partial charge in [-0.25, -0.2) is 0 Å². The van der Waals surface area contributed by atoms with Crippen LogP contribution in [0.4, 0.5) is 0 Å². The normalized spacial score (nSPS) is 26.5. The molecule has 1 fully saturated rings. The molecule has 8 rings (SSSR count). The molecule has 1 amide bonds. The van der Waals surface area contributed by atoms with E-state index in [0.29, 0.717) is 13.0 Å². The van der Waals surface area contributed by atoms with Gasteiger partial charge in [0, 0.05) is 34.5 Å². The molecule has 6 heteroatoms. The molecule has 31 heavy (non-hydrogen) atoms. The number of amides is 1. The number of benzene rings is 3. The quantitative estimate of drug-likeness (QED) is 0.404. The summed E-state index contributed by atoms with van der Waals surface area (Å²) in [7, 11) is 0. The fraction of sp³-hybridized carbons (Fsp3) is 0.240. The van der Waals surface area contributed by atoms with Crippen LogP contribution in [0.2, 0.25) is 0 Å². The van der Waals surface area contributed by atoms with Crippen LogP contribution in [0.1, 0.15) is 35.5 Å². The number of nitrogens with one attached hydrogen (secondary N) is 1. The van der Waals surface area contributed by atoms with Crippen LogP contribution >= 0.6 is 0 Å². The van der Waals surface area contributed by atoms with Crippen LogP contribution in [0.25, 0.3) is 43.6 Å². The molecule has 0 spiro atoms. The third-order valence-electron chi connectivity index (χ3n) is 7.67. The zero-order valence-corrected chi connectivity index (χ0v) is 16.8. The van der Waals surface area contributed by atoms with Gasteiger partial charge in [0.15, 0.2) is 5.72 Å². The summed E-state index contributed by atoms with van der Waals surface area (Å²) < 4.78 is 11.1. The van der Waals surface area contributed by atoms with Crippen LogP contribution in [-0.4, -0.2) is 26.3 Å². The minimum Gasteiger partial charge on any atom is -0.388 e. The molecule has 6 nitrogen and oxygen atoms in total. The molecule has 1 saturated heterocycles. The summed E-state index contributed by atoms with van der Waals surface area (Å²) in [5.74, 6) is -0.0156. The Labute approximate surface area is 176 Å². The van der Waals surface area contributed by atoms with Gasteiger partial charge in [-0.3, -0.25) is 4.79 Å². The SMILES string of the molecule is C[C@@]12O[C@@H](C[C@H]1O)n1c3ccccc3c3c4c(c5c6ccccc6n2c5c31)CNC4=O. The molecule has 2 bridgehead atoms. The third kappa shape index (κ3) is 1.60. The maximum atomic E-state index is 13.1. The van der Waals surface area contributed by atoms with Crippen molar-refractivity contribution < 1.29 is 14.6 Å². The van der Waals surface area contributed by atoms with Crippen molar-refractivity contribution in [2.24, 2.45) is 0 Å². The Morgan fingerprint density at radius 3 is 2.55 bits per heavy atom. The summed E-state index contributed by atoms with van der Waals surface area (Å²) in [5.41, 5.74) is 5.07. The number of rotatable bonds is 0. The molecule has 5 heterocycles. The smallest absolute Gasteiger partial charge is 0.252 e. The van der Waals surface area contributed by atoms with Gasteiger partial charge in [-0.2, -0.15) is 0 Å². The highest BCUT2D eigenvalue weighted by molar-refractivity contribution is 6.31. The molecular weight excluding hydrogens is 390 g/mol. The second-order valence-electron chi connectivity index (χ2n) is 9.10. The van der Waals surface area contributed by atoms with E-state index in [1.807, 2.05) is 31.2 Å². The molecule has 2 aromatic heterocycles. The number of carbonyl (C=O) groups excluding carboxylic acids is 1. The lowest BCUT2D eigenvalue weighted by atomic mass is 9.96. The number of ether oxygens (including phenoxy) is 1. The van der Waals surface area contributed by atoms with Crippen molar-refractivity contribution in [2.75, 3.05) is 0 Å². The highest BCUT2D eigenvalue weighted by atomic mass is 16.6. The van der Waals surface area contributed by atoms with Gasteiger partial charge in [0.25, 0.3) is 5.91 Å². The Balaban J connectivity index is 1.81. The van der Waals surface area contributed by atoms with Gasteiger partial charge in [0.05, 0.1) is 27.6 Å². The highest BCUT2D eigenvalue weighted by Gasteiger charge is 2.51. The molecular formula is C25H19N3O3. The first-order chi connectivity index (χ1) is 15.1. The average molecular weight is 409 g/mol. The summed E-state index contributed by atoms with van der Waals surface area (Å²) >= 11 is 0. The van der Waals surface area contributed by atoms with Crippen molar-refractivity contribution in [1.29, 1.82) is 0 Å². The summed E-state index contributed by atoms with van der Waals surface area (Å²) in [6.45, 7) is 2.50. The number of hydrogen-bond acceptors (Lipinski definition) is 3. The number of aromatic nitrogens is 2. The predicted octanol–water partition coefficient (Wildman–Crippen LogP) is 4.11. The van der Waals surface area contributed by atoms with Crippen LogP contribution < -0.4 is 5.32 Å². The summed E-state index contributed by atoms with van der Waals surface area (Å²) in [4.78, 5) is 13.1. The first-order valence-corrected chi connectivity index (χ1v) is 10.7. The van der Waals surface area contributed by atoms with Gasteiger partial charge in [-0.15, -0.1) is 0 Å². The van der Waals surface area contributed by atoms with Crippen molar-refractivity contribution in [2.45, 2.75) is 37.9 Å². The van der Waals surface area contributed by atoms with Crippen molar-refractivity contribution >= 4 is 49.5 Å². The second kappa shape index (κ2) is 4.93. The lowest BCUT2D eigenvalue weighted by Gasteiger charge is -2.30. The average Bonchev–Trinajstić information content (AvgIpc) is 3.46. The minimum atomic E-state index is -0.886. The Hall–Kier alpha value is -3.35. The molecule has 3 atom stereocenters. The molecule has 3 aliphatic rings. The molecule has 0 aliphatic carbocycles. The van der Waals surface area contributed by atoms with E-state index in [1.165, 1.54) is 0 Å². The molecule has 2 N–H and O–H groups in total. The van der Waals surface area contributed by atoms with Gasteiger partial charge in [0.2, 0.25) is 0 Å². The van der Waals surface area contributed by atoms with E-state index in [1.54, 1.807) is 0 Å². The number of fused-ring (bicyclic) bond motifs is 13. The van der Waals surface area contributed by atoms with Crippen LogP contribution in [0.15, 0.2) is 48.5 Å². The van der Waals surface area contributed by atoms with Crippen LogP contribution in [-0.2, 0) is 17.0 Å². The van der Waals surface area contributed by atoms with E-state index in [9.17, 15) is 9.90 Å². The number of nitrogens with zero attached hydrogens (tertiary/aromatic N) is 2. The van der Waals surface area contributed by atoms with Gasteiger partial charge in [-0.1, -0.05) is 36.4 Å². The van der Waals surface area contributed by atoms with E-state index in [4.69, 9.17) is 4.74 Å². The summed E-state index contributed by atoms with van der Waals surface area (Å²) in [5, 5.41) is 18.5. The fourth-order valence-electron chi connectivity index (χ4n) is 6.41. The molecule has 0 saturated carbocycles. The number of aliphatic hydroxyl groups excluding tert-OH is 1. The monoisotopic (exact) mass is 409 g/mol. The van der Waals surface area contributed by atoms with Crippen LogP contribution in [0.3, 0.4) is 0 Å². The van der Waals surface area contributed by atoms with E-state index in [2.05, 4.69) is 38.7 Å². The van der Waals surface area contributed by atoms with Crippen molar-refractivity contribution in [3.8, 4) is 0 Å². The summed E-state index contributed by atoms with van der Waals surface area (Å²) in [6, 6.07) is 16.5. The van der Waals surface area contributed by atoms with Crippen molar-refractivity contribution in [3.05, 3.63) is 59.7 Å².